The molecule has 1 aliphatic heterocycles. The van der Waals surface area contributed by atoms with Gasteiger partial charge in [0, 0.05) is 12.8 Å². The molecule has 0 amide bonds. The van der Waals surface area contributed by atoms with Crippen LogP contribution in [0.3, 0.4) is 0 Å². The van der Waals surface area contributed by atoms with E-state index in [2.05, 4.69) is 0 Å². The molecule has 3 nitrogen and oxygen atoms in total. The number of carbonyl (C=O) groups excluding carboxylic acids is 1. The molecule has 2 aliphatic rings. The van der Waals surface area contributed by atoms with Gasteiger partial charge in [0.25, 0.3) is 5.79 Å². The molecule has 1 aliphatic carbocycles. The van der Waals surface area contributed by atoms with Gasteiger partial charge in [0.2, 0.25) is 0 Å². The van der Waals surface area contributed by atoms with Gasteiger partial charge in [0.05, 0.1) is 0 Å². The minimum atomic E-state index is -0.806. The van der Waals surface area contributed by atoms with Gasteiger partial charge in [-0.05, 0) is 12.8 Å². The van der Waals surface area contributed by atoms with E-state index in [4.69, 9.17) is 9.78 Å². The molecule has 1 spiro atoms. The highest BCUT2D eigenvalue weighted by molar-refractivity contribution is 5.86. The van der Waals surface area contributed by atoms with Crippen LogP contribution in [0.25, 0.3) is 0 Å². The Morgan fingerprint density at radius 1 is 0.800 bits per heavy atom. The second kappa shape index (κ2) is 5.08. The zero-order valence-electron chi connectivity index (χ0n) is 9.30. The van der Waals surface area contributed by atoms with E-state index in [1.807, 2.05) is 0 Å². The first-order chi connectivity index (χ1) is 7.33. The minimum absolute atomic E-state index is 0.156. The first-order valence-electron chi connectivity index (χ1n) is 6.24. The van der Waals surface area contributed by atoms with Crippen molar-refractivity contribution in [3.63, 3.8) is 0 Å². The van der Waals surface area contributed by atoms with Crippen LogP contribution in [0.1, 0.15) is 64.2 Å². The summed E-state index contributed by atoms with van der Waals surface area (Å²) in [7, 11) is 0. The summed E-state index contributed by atoms with van der Waals surface area (Å²) in [6.45, 7) is 0. The monoisotopic (exact) mass is 212 g/mol. The first-order valence-corrected chi connectivity index (χ1v) is 6.24. The lowest BCUT2D eigenvalue weighted by molar-refractivity contribution is -0.125. The molecule has 1 heterocycles. The Morgan fingerprint density at radius 3 is 1.93 bits per heavy atom. The summed E-state index contributed by atoms with van der Waals surface area (Å²) in [6.07, 6.45) is 11.0. The van der Waals surface area contributed by atoms with E-state index in [1.54, 1.807) is 0 Å². The van der Waals surface area contributed by atoms with Gasteiger partial charge in [-0.25, -0.2) is 0 Å². The molecule has 1 saturated carbocycles. The van der Waals surface area contributed by atoms with Gasteiger partial charge in [-0.3, -0.25) is 4.79 Å². The van der Waals surface area contributed by atoms with Crippen LogP contribution >= 0.6 is 0 Å². The molecule has 2 rings (SSSR count). The van der Waals surface area contributed by atoms with E-state index >= 15 is 0 Å². The van der Waals surface area contributed by atoms with Crippen molar-refractivity contribution in [2.75, 3.05) is 0 Å². The Bertz CT molecular complexity index is 221. The second-order valence-corrected chi connectivity index (χ2v) is 4.67. The fraction of sp³-hybridized carbons (Fsp3) is 0.917. The fourth-order valence-corrected chi connectivity index (χ4v) is 2.26. The number of hydrogen-bond acceptors (Lipinski definition) is 3. The lowest BCUT2D eigenvalue weighted by Crippen LogP contribution is -2.24. The molecule has 2 fully saturated rings. The Labute approximate surface area is 91.1 Å². The van der Waals surface area contributed by atoms with Gasteiger partial charge < -0.3 is 0 Å². The van der Waals surface area contributed by atoms with Crippen molar-refractivity contribution in [1.29, 1.82) is 0 Å². The van der Waals surface area contributed by atoms with Crippen LogP contribution in [0.15, 0.2) is 0 Å². The van der Waals surface area contributed by atoms with Gasteiger partial charge in [-0.15, -0.1) is 0 Å². The molecular weight excluding hydrogens is 192 g/mol. The first kappa shape index (κ1) is 11.1. The standard InChI is InChI=1S/C12H20O3/c13-11-9-7-5-3-1-2-4-6-8-10-12(11)14-15-12/h1-10H2. The molecule has 0 N–H and O–H groups in total. The van der Waals surface area contributed by atoms with Gasteiger partial charge >= 0.3 is 0 Å². The molecular formula is C12H20O3. The molecule has 0 aromatic carbocycles. The lowest BCUT2D eigenvalue weighted by atomic mass is 9.97. The van der Waals surface area contributed by atoms with Crippen molar-refractivity contribution in [2.24, 2.45) is 0 Å². The highest BCUT2D eigenvalue weighted by atomic mass is 17.4. The molecule has 0 bridgehead atoms. The molecule has 0 aromatic heterocycles. The quantitative estimate of drug-likeness (QED) is 0.457. The third-order valence-electron chi connectivity index (χ3n) is 3.37. The molecule has 15 heavy (non-hydrogen) atoms. The molecule has 0 aromatic rings. The SMILES string of the molecule is O=C1CCCCCCCCCCC12OO2. The predicted molar refractivity (Wildman–Crippen MR) is 56.1 cm³/mol. The Kier molecular flexibility index (Phi) is 3.76. The minimum Gasteiger partial charge on any atom is -0.293 e. The van der Waals surface area contributed by atoms with Crippen LogP contribution < -0.4 is 0 Å². The zero-order chi connectivity index (χ0) is 10.6. The summed E-state index contributed by atoms with van der Waals surface area (Å²) in [5.41, 5.74) is 0. The van der Waals surface area contributed by atoms with E-state index in [1.165, 1.54) is 38.5 Å². The third-order valence-corrected chi connectivity index (χ3v) is 3.37. The van der Waals surface area contributed by atoms with Gasteiger partial charge in [-0.1, -0.05) is 38.5 Å². The van der Waals surface area contributed by atoms with Crippen LogP contribution in [0.2, 0.25) is 0 Å². The number of ketones is 1. The average molecular weight is 212 g/mol. The number of hydrogen-bond donors (Lipinski definition) is 0. The normalized spacial score (nSPS) is 28.1. The Balaban J connectivity index is 1.83. The topological polar surface area (TPSA) is 42.1 Å². The molecule has 0 atom stereocenters. The van der Waals surface area contributed by atoms with Crippen LogP contribution in [0, 0.1) is 0 Å². The highest BCUT2D eigenvalue weighted by Crippen LogP contribution is 2.37. The second-order valence-electron chi connectivity index (χ2n) is 4.67. The average Bonchev–Trinajstić information content (AvgIpc) is 3.00. The molecule has 0 unspecified atom stereocenters. The number of rotatable bonds is 0. The van der Waals surface area contributed by atoms with Gasteiger partial charge in [0.15, 0.2) is 5.78 Å². The molecule has 1 saturated heterocycles. The summed E-state index contributed by atoms with van der Waals surface area (Å²) in [5.74, 6) is -0.651. The summed E-state index contributed by atoms with van der Waals surface area (Å²) < 4.78 is 0. The number of carbonyl (C=O) groups is 1. The molecule has 86 valence electrons. The van der Waals surface area contributed by atoms with Crippen molar-refractivity contribution in [3.05, 3.63) is 0 Å². The lowest BCUT2D eigenvalue weighted by Gasteiger charge is -2.08. The van der Waals surface area contributed by atoms with Crippen molar-refractivity contribution >= 4 is 5.78 Å². The van der Waals surface area contributed by atoms with E-state index < -0.39 is 5.79 Å². The van der Waals surface area contributed by atoms with Crippen LogP contribution in [-0.2, 0) is 14.6 Å². The van der Waals surface area contributed by atoms with Crippen molar-refractivity contribution < 1.29 is 14.6 Å². The summed E-state index contributed by atoms with van der Waals surface area (Å²) in [4.78, 5) is 21.6. The fourth-order valence-electron chi connectivity index (χ4n) is 2.26. The summed E-state index contributed by atoms with van der Waals surface area (Å²) >= 11 is 0. The highest BCUT2D eigenvalue weighted by Gasteiger charge is 2.54. The van der Waals surface area contributed by atoms with Crippen LogP contribution in [0.5, 0.6) is 0 Å². The van der Waals surface area contributed by atoms with Crippen LogP contribution in [-0.4, -0.2) is 11.6 Å². The van der Waals surface area contributed by atoms with Crippen molar-refractivity contribution in [1.82, 2.24) is 0 Å². The van der Waals surface area contributed by atoms with E-state index in [9.17, 15) is 4.79 Å². The zero-order valence-corrected chi connectivity index (χ0v) is 9.30. The smallest absolute Gasteiger partial charge is 0.291 e. The Hall–Kier alpha value is -0.410. The van der Waals surface area contributed by atoms with Gasteiger partial charge in [0.1, 0.15) is 0 Å². The summed E-state index contributed by atoms with van der Waals surface area (Å²) in [6, 6.07) is 0. The van der Waals surface area contributed by atoms with E-state index in [0.717, 1.165) is 19.3 Å². The third kappa shape index (κ3) is 3.02. The van der Waals surface area contributed by atoms with Crippen molar-refractivity contribution in [2.45, 2.75) is 70.0 Å². The molecule has 0 radical (unpaired) electrons. The van der Waals surface area contributed by atoms with Gasteiger partial charge in [-0.2, -0.15) is 9.78 Å². The van der Waals surface area contributed by atoms with E-state index in [0.29, 0.717) is 6.42 Å². The largest absolute Gasteiger partial charge is 0.293 e. The van der Waals surface area contributed by atoms with Crippen LogP contribution in [0.4, 0.5) is 0 Å². The van der Waals surface area contributed by atoms with Crippen molar-refractivity contribution in [3.8, 4) is 0 Å². The Morgan fingerprint density at radius 2 is 1.33 bits per heavy atom. The maximum atomic E-state index is 11.8. The summed E-state index contributed by atoms with van der Waals surface area (Å²) in [5, 5.41) is 0. The van der Waals surface area contributed by atoms with E-state index in [-0.39, 0.29) is 5.78 Å². The number of Topliss-reactive ketones (excluding diaryl/α,β-unsaturated/α-hetero) is 1. The predicted octanol–water partition coefficient (Wildman–Crippen LogP) is 3.13. The maximum Gasteiger partial charge on any atom is 0.291 e. The maximum absolute atomic E-state index is 11.8. The molecule has 3 heteroatoms.